The summed E-state index contributed by atoms with van der Waals surface area (Å²) >= 11 is 0. The lowest BCUT2D eigenvalue weighted by atomic mass is 9.81. The molecule has 1 amide bonds. The van der Waals surface area contributed by atoms with E-state index in [0.29, 0.717) is 41.7 Å². The molecule has 4 heterocycles. The predicted molar refractivity (Wildman–Crippen MR) is 110 cm³/mol. The first-order chi connectivity index (χ1) is 13.9. The van der Waals surface area contributed by atoms with Crippen LogP contribution in [-0.4, -0.2) is 48.3 Å². The van der Waals surface area contributed by atoms with Crippen molar-refractivity contribution in [1.82, 2.24) is 29.3 Å². The summed E-state index contributed by atoms with van der Waals surface area (Å²) in [6.07, 6.45) is 5.21. The average molecular weight is 394 g/mol. The Bertz CT molecular complexity index is 1120. The highest BCUT2D eigenvalue weighted by molar-refractivity contribution is 5.95. The molecular weight excluding hydrogens is 368 g/mol. The van der Waals surface area contributed by atoms with Gasteiger partial charge in [-0.1, -0.05) is 26.0 Å². The van der Waals surface area contributed by atoms with Gasteiger partial charge in [-0.05, 0) is 43.7 Å². The molecule has 2 atom stereocenters. The third-order valence-electron chi connectivity index (χ3n) is 6.03. The van der Waals surface area contributed by atoms with Crippen molar-refractivity contribution in [3.63, 3.8) is 0 Å². The van der Waals surface area contributed by atoms with Crippen LogP contribution in [0, 0.1) is 18.8 Å². The number of fused-ring (bicyclic) bond motifs is 1. The Balaban J connectivity index is 1.66. The molecule has 3 aromatic rings. The van der Waals surface area contributed by atoms with E-state index >= 15 is 0 Å². The molecule has 0 spiro atoms. The third kappa shape index (κ3) is 3.18. The number of hydrogen-bond donors (Lipinski definition) is 1. The van der Waals surface area contributed by atoms with Gasteiger partial charge in [0.1, 0.15) is 5.52 Å². The summed E-state index contributed by atoms with van der Waals surface area (Å²) in [7, 11) is 0. The molecule has 0 aromatic carbocycles. The van der Waals surface area contributed by atoms with Crippen LogP contribution in [0.3, 0.4) is 0 Å². The molecule has 3 aromatic heterocycles. The molecular formula is C21H26N6O2. The smallest absolute Gasteiger partial charge is 0.276 e. The highest BCUT2D eigenvalue weighted by atomic mass is 16.2. The molecule has 1 aliphatic heterocycles. The van der Waals surface area contributed by atoms with E-state index in [9.17, 15) is 9.59 Å². The van der Waals surface area contributed by atoms with Crippen molar-refractivity contribution in [3.05, 3.63) is 58.3 Å². The van der Waals surface area contributed by atoms with Crippen LogP contribution in [0.2, 0.25) is 0 Å². The number of H-pyrrole nitrogens is 1. The zero-order valence-electron chi connectivity index (χ0n) is 17.1. The van der Waals surface area contributed by atoms with E-state index in [1.165, 1.54) is 14.8 Å². The van der Waals surface area contributed by atoms with Crippen LogP contribution in [0.5, 0.6) is 0 Å². The molecule has 1 aliphatic rings. The van der Waals surface area contributed by atoms with Crippen molar-refractivity contribution in [2.24, 2.45) is 11.8 Å². The number of hydrogen-bond acceptors (Lipinski definition) is 4. The van der Waals surface area contributed by atoms with Gasteiger partial charge in [0.25, 0.3) is 11.5 Å². The lowest BCUT2D eigenvalue weighted by Crippen LogP contribution is -2.45. The van der Waals surface area contributed by atoms with Crippen LogP contribution in [-0.2, 0) is 0 Å². The zero-order chi connectivity index (χ0) is 20.7. The van der Waals surface area contributed by atoms with Crippen LogP contribution >= 0.6 is 0 Å². The topological polar surface area (TPSA) is 88.3 Å². The number of aromatic nitrogens is 5. The molecule has 0 radical (unpaired) electrons. The standard InChI is InChI=1S/C21H26N6O2/c1-5-15-11-25(12-16(6-2)13(15)3)20(29)17-10-22-27(14(17)4)21-23-19(28)18-8-7-9-26(18)24-21/h7-10,15-16H,3,5-6,11-12H2,1-2,4H3,(H,23,24,28). The number of aromatic amines is 1. The quantitative estimate of drug-likeness (QED) is 0.689. The first-order valence-electron chi connectivity index (χ1n) is 10.0. The number of rotatable bonds is 4. The van der Waals surface area contributed by atoms with E-state index in [-0.39, 0.29) is 17.4 Å². The fourth-order valence-electron chi connectivity index (χ4n) is 4.15. The van der Waals surface area contributed by atoms with E-state index in [1.807, 2.05) is 11.8 Å². The molecule has 152 valence electrons. The van der Waals surface area contributed by atoms with E-state index in [0.717, 1.165) is 12.8 Å². The van der Waals surface area contributed by atoms with Crippen LogP contribution in [0.1, 0.15) is 42.7 Å². The van der Waals surface area contributed by atoms with E-state index in [4.69, 9.17) is 0 Å². The lowest BCUT2D eigenvalue weighted by Gasteiger charge is -2.39. The van der Waals surface area contributed by atoms with Crippen LogP contribution < -0.4 is 5.56 Å². The first-order valence-corrected chi connectivity index (χ1v) is 10.0. The average Bonchev–Trinajstić information content (AvgIpc) is 3.34. The summed E-state index contributed by atoms with van der Waals surface area (Å²) in [5.74, 6) is 0.882. The van der Waals surface area contributed by atoms with Crippen molar-refractivity contribution in [3.8, 4) is 5.95 Å². The largest absolute Gasteiger partial charge is 0.337 e. The van der Waals surface area contributed by atoms with Crippen LogP contribution in [0.15, 0.2) is 41.5 Å². The van der Waals surface area contributed by atoms with Crippen molar-refractivity contribution in [2.45, 2.75) is 33.6 Å². The number of piperidine rings is 1. The number of carbonyl (C=O) groups excluding carboxylic acids is 1. The van der Waals surface area contributed by atoms with Crippen molar-refractivity contribution in [2.75, 3.05) is 13.1 Å². The fourth-order valence-corrected chi connectivity index (χ4v) is 4.15. The summed E-state index contributed by atoms with van der Waals surface area (Å²) in [5.41, 5.74) is 2.63. The van der Waals surface area contributed by atoms with Gasteiger partial charge < -0.3 is 4.90 Å². The van der Waals surface area contributed by atoms with Gasteiger partial charge in [-0.3, -0.25) is 14.6 Å². The second kappa shape index (κ2) is 7.35. The van der Waals surface area contributed by atoms with Gasteiger partial charge in [0.15, 0.2) is 0 Å². The van der Waals surface area contributed by atoms with Gasteiger partial charge in [0, 0.05) is 19.3 Å². The monoisotopic (exact) mass is 394 g/mol. The highest BCUT2D eigenvalue weighted by Crippen LogP contribution is 2.31. The van der Waals surface area contributed by atoms with E-state index in [2.05, 4.69) is 35.6 Å². The second-order valence-electron chi connectivity index (χ2n) is 7.67. The summed E-state index contributed by atoms with van der Waals surface area (Å²) in [5, 5.41) is 8.73. The fraction of sp³-hybridized carbons (Fsp3) is 0.429. The normalized spacial score (nSPS) is 19.8. The number of carbonyl (C=O) groups is 1. The van der Waals surface area contributed by atoms with E-state index < -0.39 is 0 Å². The van der Waals surface area contributed by atoms with Gasteiger partial charge in [0.2, 0.25) is 5.95 Å². The van der Waals surface area contributed by atoms with Gasteiger partial charge in [0.05, 0.1) is 17.5 Å². The summed E-state index contributed by atoms with van der Waals surface area (Å²) in [6, 6.07) is 3.45. The van der Waals surface area contributed by atoms with Crippen molar-refractivity contribution >= 4 is 11.4 Å². The van der Waals surface area contributed by atoms with Crippen molar-refractivity contribution in [1.29, 1.82) is 0 Å². The van der Waals surface area contributed by atoms with Gasteiger partial charge in [-0.25, -0.2) is 9.20 Å². The molecule has 4 rings (SSSR count). The number of likely N-dealkylation sites (tertiary alicyclic amines) is 1. The minimum atomic E-state index is -0.256. The molecule has 0 saturated carbocycles. The third-order valence-corrected chi connectivity index (χ3v) is 6.03. The molecule has 0 aliphatic carbocycles. The maximum Gasteiger partial charge on any atom is 0.276 e. The minimum absolute atomic E-state index is 0.0393. The van der Waals surface area contributed by atoms with Crippen molar-refractivity contribution < 1.29 is 4.79 Å². The Morgan fingerprint density at radius 3 is 2.62 bits per heavy atom. The Labute approximate surface area is 168 Å². The summed E-state index contributed by atoms with van der Waals surface area (Å²) < 4.78 is 3.01. The van der Waals surface area contributed by atoms with Gasteiger partial charge in [-0.2, -0.15) is 5.10 Å². The molecule has 1 N–H and O–H groups in total. The predicted octanol–water partition coefficient (Wildman–Crippen LogP) is 2.58. The van der Waals surface area contributed by atoms with Crippen LogP contribution in [0.25, 0.3) is 11.5 Å². The number of nitrogens with one attached hydrogen (secondary N) is 1. The highest BCUT2D eigenvalue weighted by Gasteiger charge is 2.32. The summed E-state index contributed by atoms with van der Waals surface area (Å²) in [6.45, 7) is 11.7. The van der Waals surface area contributed by atoms with Gasteiger partial charge >= 0.3 is 0 Å². The molecule has 29 heavy (non-hydrogen) atoms. The van der Waals surface area contributed by atoms with Gasteiger partial charge in [-0.15, -0.1) is 5.10 Å². The second-order valence-corrected chi connectivity index (χ2v) is 7.67. The molecule has 8 heteroatoms. The Hall–Kier alpha value is -3.16. The van der Waals surface area contributed by atoms with E-state index in [1.54, 1.807) is 24.5 Å². The maximum atomic E-state index is 13.3. The molecule has 8 nitrogen and oxygen atoms in total. The SMILES string of the molecule is C=C1C(CC)CN(C(=O)c2cnn(-c3nn4cccc4c(=O)[nH]3)c2C)CC1CC. The minimum Gasteiger partial charge on any atom is -0.337 e. The molecule has 0 bridgehead atoms. The Kier molecular flexibility index (Phi) is 4.86. The molecule has 1 fully saturated rings. The maximum absolute atomic E-state index is 13.3. The van der Waals surface area contributed by atoms with Crippen LogP contribution in [0.4, 0.5) is 0 Å². The Morgan fingerprint density at radius 1 is 1.28 bits per heavy atom. The number of nitrogens with zero attached hydrogens (tertiary/aromatic N) is 5. The Morgan fingerprint density at radius 2 is 1.97 bits per heavy atom. The number of amides is 1. The summed E-state index contributed by atoms with van der Waals surface area (Å²) in [4.78, 5) is 30.2. The molecule has 1 saturated heterocycles. The lowest BCUT2D eigenvalue weighted by molar-refractivity contribution is 0.0665. The molecule has 2 unspecified atom stereocenters. The zero-order valence-corrected chi connectivity index (χ0v) is 17.1. The first kappa shape index (κ1) is 19.2.